The molecule has 0 bridgehead atoms. The van der Waals surface area contributed by atoms with Crippen molar-refractivity contribution in [1.29, 1.82) is 0 Å². The summed E-state index contributed by atoms with van der Waals surface area (Å²) in [4.78, 5) is 37.7. The van der Waals surface area contributed by atoms with Gasteiger partial charge in [0.15, 0.2) is 6.10 Å². The third kappa shape index (κ3) is 70.8. The molecule has 0 aliphatic carbocycles. The molecule has 0 saturated carbocycles. The molecule has 87 heavy (non-hydrogen) atoms. The topological polar surface area (TPSA) is 108 Å². The Morgan fingerprint density at radius 1 is 0.345 bits per heavy atom. The van der Waals surface area contributed by atoms with Crippen LogP contribution in [-0.4, -0.2) is 87.4 Å². The zero-order chi connectivity index (χ0) is 63.3. The van der Waals surface area contributed by atoms with Crippen molar-refractivity contribution in [3.05, 3.63) is 36.5 Å². The lowest BCUT2D eigenvalue weighted by atomic mass is 10.0. The van der Waals surface area contributed by atoms with Crippen molar-refractivity contribution >= 4 is 17.9 Å². The van der Waals surface area contributed by atoms with E-state index in [0.717, 1.165) is 51.4 Å². The van der Waals surface area contributed by atoms with Crippen molar-refractivity contribution in [1.82, 2.24) is 0 Å². The van der Waals surface area contributed by atoms with Crippen LogP contribution in [0.15, 0.2) is 36.5 Å². The number of hydrogen-bond donors (Lipinski definition) is 1. The highest BCUT2D eigenvalue weighted by Crippen LogP contribution is 2.19. The molecule has 0 aromatic carbocycles. The molecule has 0 aliphatic rings. The number of carboxylic acids is 1. The lowest BCUT2D eigenvalue weighted by molar-refractivity contribution is -0.870. The van der Waals surface area contributed by atoms with Crippen LogP contribution in [0, 0.1) is 0 Å². The molecular formula is C78H148NO8+. The van der Waals surface area contributed by atoms with Gasteiger partial charge in [-0.1, -0.05) is 359 Å². The van der Waals surface area contributed by atoms with Crippen molar-refractivity contribution in [3.8, 4) is 0 Å². The Morgan fingerprint density at radius 3 is 0.920 bits per heavy atom. The minimum Gasteiger partial charge on any atom is -0.477 e. The number of ether oxygens (including phenoxy) is 4. The molecule has 1 N–H and O–H groups in total. The molecule has 0 aromatic rings. The zero-order valence-corrected chi connectivity index (χ0v) is 58.7. The van der Waals surface area contributed by atoms with Crippen molar-refractivity contribution in [2.45, 2.75) is 399 Å². The molecule has 0 radical (unpaired) electrons. The molecule has 0 amide bonds. The highest BCUT2D eigenvalue weighted by molar-refractivity contribution is 5.71. The van der Waals surface area contributed by atoms with Gasteiger partial charge in [0.05, 0.1) is 34.4 Å². The van der Waals surface area contributed by atoms with Crippen molar-refractivity contribution < 1.29 is 42.9 Å². The van der Waals surface area contributed by atoms with Crippen LogP contribution in [0.5, 0.6) is 0 Å². The van der Waals surface area contributed by atoms with Crippen LogP contribution >= 0.6 is 0 Å². The SMILES string of the molecule is CCCCCCC/C=C\C/C=C\C/C=C\CCCCCCCCCCCCCCCCC(=O)OC(COC(=O)CCCCCCCCCCCCCCCCCCCCCCCCCCCCCCCCCCC)COC(OCC[N+](C)(C)C)C(=O)O. The maximum absolute atomic E-state index is 13.0. The number of nitrogens with zero attached hydrogens (tertiary/aromatic N) is 1. The molecule has 0 heterocycles. The van der Waals surface area contributed by atoms with Gasteiger partial charge in [0.25, 0.3) is 6.29 Å². The molecule has 0 rings (SSSR count). The summed E-state index contributed by atoms with van der Waals surface area (Å²) in [5, 5.41) is 9.76. The maximum Gasteiger partial charge on any atom is 0.361 e. The zero-order valence-electron chi connectivity index (χ0n) is 58.7. The fourth-order valence-electron chi connectivity index (χ4n) is 11.6. The van der Waals surface area contributed by atoms with Crippen LogP contribution in [0.2, 0.25) is 0 Å². The second kappa shape index (κ2) is 69.4. The van der Waals surface area contributed by atoms with Gasteiger partial charge in [-0.15, -0.1) is 0 Å². The molecule has 0 saturated heterocycles. The molecule has 0 aliphatic heterocycles. The summed E-state index contributed by atoms with van der Waals surface area (Å²) in [7, 11) is 5.99. The Hall–Kier alpha value is -2.49. The number of allylic oxidation sites excluding steroid dienone is 6. The monoisotopic (exact) mass is 1230 g/mol. The van der Waals surface area contributed by atoms with E-state index in [0.29, 0.717) is 17.4 Å². The van der Waals surface area contributed by atoms with Crippen LogP contribution in [0.25, 0.3) is 0 Å². The van der Waals surface area contributed by atoms with Crippen LogP contribution < -0.4 is 0 Å². The summed E-state index contributed by atoms with van der Waals surface area (Å²) in [6.07, 6.45) is 85.7. The third-order valence-electron chi connectivity index (χ3n) is 17.4. The largest absolute Gasteiger partial charge is 0.477 e. The number of hydrogen-bond acceptors (Lipinski definition) is 7. The quantitative estimate of drug-likeness (QED) is 0.0211. The van der Waals surface area contributed by atoms with E-state index in [4.69, 9.17) is 18.9 Å². The van der Waals surface area contributed by atoms with E-state index in [1.165, 1.54) is 308 Å². The molecular weight excluding hydrogens is 1080 g/mol. The number of unbranched alkanes of at least 4 members (excludes halogenated alkanes) is 51. The second-order valence-corrected chi connectivity index (χ2v) is 27.3. The molecule has 0 aromatic heterocycles. The average Bonchev–Trinajstić information content (AvgIpc) is 3.57. The summed E-state index contributed by atoms with van der Waals surface area (Å²) < 4.78 is 23.0. The summed E-state index contributed by atoms with van der Waals surface area (Å²) in [6.45, 7) is 4.94. The van der Waals surface area contributed by atoms with Gasteiger partial charge in [-0.3, -0.25) is 9.59 Å². The normalized spacial score (nSPS) is 12.8. The van der Waals surface area contributed by atoms with Crippen LogP contribution in [-0.2, 0) is 33.3 Å². The summed E-state index contributed by atoms with van der Waals surface area (Å²) >= 11 is 0. The van der Waals surface area contributed by atoms with E-state index >= 15 is 0 Å². The highest BCUT2D eigenvalue weighted by atomic mass is 16.7. The van der Waals surface area contributed by atoms with Crippen LogP contribution in [0.3, 0.4) is 0 Å². The molecule has 9 nitrogen and oxygen atoms in total. The lowest BCUT2D eigenvalue weighted by Gasteiger charge is -2.25. The van der Waals surface area contributed by atoms with E-state index in [1.54, 1.807) is 0 Å². The van der Waals surface area contributed by atoms with E-state index in [9.17, 15) is 19.5 Å². The number of rotatable bonds is 72. The highest BCUT2D eigenvalue weighted by Gasteiger charge is 2.25. The van der Waals surface area contributed by atoms with Crippen molar-refractivity contribution in [3.63, 3.8) is 0 Å². The third-order valence-corrected chi connectivity index (χ3v) is 17.4. The van der Waals surface area contributed by atoms with Gasteiger partial charge in [-0.25, -0.2) is 4.79 Å². The van der Waals surface area contributed by atoms with Gasteiger partial charge in [-0.05, 0) is 51.4 Å². The predicted molar refractivity (Wildman–Crippen MR) is 374 cm³/mol. The predicted octanol–water partition coefficient (Wildman–Crippen LogP) is 23.9. The molecule has 0 fully saturated rings. The Labute approximate surface area is 540 Å². The van der Waals surface area contributed by atoms with E-state index in [1.807, 2.05) is 21.1 Å². The van der Waals surface area contributed by atoms with Gasteiger partial charge in [-0.2, -0.15) is 0 Å². The number of carbonyl (C=O) groups is 3. The molecule has 2 unspecified atom stereocenters. The summed E-state index contributed by atoms with van der Waals surface area (Å²) in [5.74, 6) is -1.98. The van der Waals surface area contributed by atoms with Gasteiger partial charge in [0.1, 0.15) is 13.2 Å². The number of quaternary nitrogens is 1. The number of carbonyl (C=O) groups excluding carboxylic acids is 2. The number of esters is 2. The maximum atomic E-state index is 13.0. The minimum atomic E-state index is -1.51. The number of likely N-dealkylation sites (N-methyl/N-ethyl adjacent to an activating group) is 1. The number of aliphatic carboxylic acids is 1. The van der Waals surface area contributed by atoms with Crippen molar-refractivity contribution in [2.24, 2.45) is 0 Å². The summed E-state index contributed by atoms with van der Waals surface area (Å²) in [5.41, 5.74) is 0. The standard InChI is InChI=1S/C78H147NO8/c1-6-8-10-12-14-16-18-20-22-24-26-28-30-32-34-36-37-38-39-41-42-44-46-48-50-52-54-56-58-60-62-64-66-68-75(80)85-72-74(73-86-78(77(82)83)84-71-70-79(3,4)5)87-76(81)69-67-65-63-61-59-57-55-53-51-49-47-45-43-40-35-33-31-29-27-25-23-21-19-17-15-13-11-9-7-2/h19,21,25,27,31,33,74,78H,6-18,20,22-24,26,28-30,32,34-73H2,1-5H3/p+1/b21-19-,27-25-,33-31-. The summed E-state index contributed by atoms with van der Waals surface area (Å²) in [6, 6.07) is 0. The molecule has 9 heteroatoms. The first-order valence-electron chi connectivity index (χ1n) is 38.2. The molecule has 2 atom stereocenters. The van der Waals surface area contributed by atoms with E-state index in [-0.39, 0.29) is 38.2 Å². The van der Waals surface area contributed by atoms with E-state index < -0.39 is 18.4 Å². The van der Waals surface area contributed by atoms with Crippen LogP contribution in [0.1, 0.15) is 386 Å². The fourth-order valence-corrected chi connectivity index (χ4v) is 11.6. The Morgan fingerprint density at radius 2 is 0.621 bits per heavy atom. The Kier molecular flexibility index (Phi) is 67.4. The van der Waals surface area contributed by atoms with Gasteiger partial charge >= 0.3 is 17.9 Å². The molecule has 0 spiro atoms. The van der Waals surface area contributed by atoms with Gasteiger partial charge < -0.3 is 28.5 Å². The molecule has 512 valence electrons. The van der Waals surface area contributed by atoms with Crippen molar-refractivity contribution in [2.75, 3.05) is 47.5 Å². The fraction of sp³-hybridized carbons (Fsp3) is 0.885. The first kappa shape index (κ1) is 84.5. The first-order valence-corrected chi connectivity index (χ1v) is 38.2. The van der Waals surface area contributed by atoms with Gasteiger partial charge in [0.2, 0.25) is 0 Å². The van der Waals surface area contributed by atoms with Gasteiger partial charge in [0, 0.05) is 12.8 Å². The average molecular weight is 1230 g/mol. The smallest absolute Gasteiger partial charge is 0.361 e. The first-order chi connectivity index (χ1) is 42.6. The Bertz CT molecular complexity index is 1520. The minimum absolute atomic E-state index is 0.177. The number of carboxylic acid groups (broad SMARTS) is 1. The van der Waals surface area contributed by atoms with Crippen LogP contribution in [0.4, 0.5) is 0 Å². The Balaban J connectivity index is 4.01. The van der Waals surface area contributed by atoms with E-state index in [2.05, 4.69) is 50.3 Å². The second-order valence-electron chi connectivity index (χ2n) is 27.3. The lowest BCUT2D eigenvalue weighted by Crippen LogP contribution is -2.40.